The number of furan rings is 1. The van der Waals surface area contributed by atoms with E-state index >= 15 is 0 Å². The van der Waals surface area contributed by atoms with Crippen LogP contribution in [-0.2, 0) is 13.2 Å². The number of benzene rings is 3. The summed E-state index contributed by atoms with van der Waals surface area (Å²) < 4.78 is 67.1. The smallest absolute Gasteiger partial charge is 0.292 e. The van der Waals surface area contributed by atoms with E-state index < -0.39 is 41.3 Å². The summed E-state index contributed by atoms with van der Waals surface area (Å²) in [6.07, 6.45) is 1.29. The highest BCUT2D eigenvalue weighted by molar-refractivity contribution is 6.01. The van der Waals surface area contributed by atoms with Crippen molar-refractivity contribution >= 4 is 22.5 Å². The van der Waals surface area contributed by atoms with Crippen LogP contribution in [0.4, 0.5) is 23.4 Å². The number of amides is 1. The lowest BCUT2D eigenvalue weighted by atomic mass is 10.1. The molecule has 5 aromatic rings. The number of rotatable bonds is 7. The molecule has 0 saturated heterocycles. The normalized spacial score (nSPS) is 11.1. The lowest BCUT2D eigenvalue weighted by molar-refractivity contribution is 0.0992. The predicted octanol–water partition coefficient (Wildman–Crippen LogP) is 6.07. The average molecular weight is 495 g/mol. The largest absolute Gasteiger partial charge is 0.485 e. The van der Waals surface area contributed by atoms with Crippen LogP contribution in [-0.4, -0.2) is 15.7 Å². The second kappa shape index (κ2) is 9.57. The Bertz CT molecular complexity index is 1550. The molecule has 0 unspecified atom stereocenters. The Morgan fingerprint density at radius 1 is 0.944 bits per heavy atom. The third-order valence-corrected chi connectivity index (χ3v) is 5.41. The molecule has 5 rings (SSSR count). The minimum atomic E-state index is -1.51. The number of ether oxygens (including phenoxy) is 1. The minimum Gasteiger partial charge on any atom is -0.485 e. The molecular formula is C26H17F4N3O3. The van der Waals surface area contributed by atoms with Crippen LogP contribution in [0.1, 0.15) is 21.9 Å². The van der Waals surface area contributed by atoms with E-state index in [4.69, 9.17) is 9.15 Å². The monoisotopic (exact) mass is 495 g/mol. The van der Waals surface area contributed by atoms with Crippen molar-refractivity contribution in [2.24, 2.45) is 0 Å². The van der Waals surface area contributed by atoms with Crippen molar-refractivity contribution in [1.29, 1.82) is 0 Å². The Morgan fingerprint density at radius 2 is 1.69 bits per heavy atom. The summed E-state index contributed by atoms with van der Waals surface area (Å²) in [4.78, 5) is 12.5. The van der Waals surface area contributed by atoms with Crippen molar-refractivity contribution in [3.8, 4) is 5.75 Å². The van der Waals surface area contributed by atoms with Gasteiger partial charge >= 0.3 is 0 Å². The van der Waals surface area contributed by atoms with Gasteiger partial charge in [-0.1, -0.05) is 36.4 Å². The third kappa shape index (κ3) is 4.65. The van der Waals surface area contributed by atoms with Gasteiger partial charge in [0.1, 0.15) is 18.1 Å². The van der Waals surface area contributed by atoms with Gasteiger partial charge in [0.25, 0.3) is 5.91 Å². The Hall–Kier alpha value is -4.60. The molecular weight excluding hydrogens is 478 g/mol. The summed E-state index contributed by atoms with van der Waals surface area (Å²) in [5.41, 5.74) is -0.824. The van der Waals surface area contributed by atoms with Crippen molar-refractivity contribution in [3.63, 3.8) is 0 Å². The zero-order valence-electron chi connectivity index (χ0n) is 18.5. The first-order valence-corrected chi connectivity index (χ1v) is 10.7. The molecule has 0 saturated carbocycles. The predicted molar refractivity (Wildman–Crippen MR) is 123 cm³/mol. The van der Waals surface area contributed by atoms with Crippen molar-refractivity contribution in [2.75, 3.05) is 5.32 Å². The van der Waals surface area contributed by atoms with E-state index in [2.05, 4.69) is 10.4 Å². The molecule has 10 heteroatoms. The summed E-state index contributed by atoms with van der Waals surface area (Å²) in [6, 6.07) is 18.0. The van der Waals surface area contributed by atoms with E-state index in [1.807, 2.05) is 42.5 Å². The van der Waals surface area contributed by atoms with E-state index in [1.54, 1.807) is 6.07 Å². The Balaban J connectivity index is 1.23. The third-order valence-electron chi connectivity index (χ3n) is 5.41. The molecule has 1 amide bonds. The zero-order chi connectivity index (χ0) is 25.2. The maximum absolute atomic E-state index is 13.9. The van der Waals surface area contributed by atoms with E-state index in [1.165, 1.54) is 18.3 Å². The second-order valence-electron chi connectivity index (χ2n) is 7.83. The number of fused-ring (bicyclic) bond motifs is 1. The molecule has 0 radical (unpaired) electrons. The number of aromatic nitrogens is 2. The fourth-order valence-corrected chi connectivity index (χ4v) is 3.67. The summed E-state index contributed by atoms with van der Waals surface area (Å²) in [5.74, 6) is -5.54. The van der Waals surface area contributed by atoms with Gasteiger partial charge in [-0.15, -0.1) is 0 Å². The molecule has 0 aliphatic rings. The molecule has 36 heavy (non-hydrogen) atoms. The van der Waals surface area contributed by atoms with Gasteiger partial charge in [-0.2, -0.15) is 5.10 Å². The van der Waals surface area contributed by atoms with Crippen LogP contribution < -0.4 is 10.1 Å². The maximum Gasteiger partial charge on any atom is 0.292 e. The van der Waals surface area contributed by atoms with Gasteiger partial charge in [0.2, 0.25) is 0 Å². The molecule has 0 fully saturated rings. The molecule has 182 valence electrons. The lowest BCUT2D eigenvalue weighted by Gasteiger charge is -2.08. The molecule has 1 N–H and O–H groups in total. The SMILES string of the molecule is O=C(Nc1ccn(Cc2c(F)c(F)cc(F)c2F)n1)c1ccc(COc2cccc3ccccc23)o1. The fraction of sp³-hybridized carbons (Fsp3) is 0.0769. The second-order valence-corrected chi connectivity index (χ2v) is 7.83. The summed E-state index contributed by atoms with van der Waals surface area (Å²) in [5, 5.41) is 8.43. The highest BCUT2D eigenvalue weighted by atomic mass is 19.2. The van der Waals surface area contributed by atoms with Gasteiger partial charge in [-0.05, 0) is 23.6 Å². The molecule has 0 aliphatic carbocycles. The van der Waals surface area contributed by atoms with Gasteiger partial charge in [0.05, 0.1) is 12.1 Å². The number of carbonyl (C=O) groups excluding carboxylic acids is 1. The number of hydrogen-bond donors (Lipinski definition) is 1. The van der Waals surface area contributed by atoms with Crippen molar-refractivity contribution in [2.45, 2.75) is 13.2 Å². The standard InChI is InChI=1S/C26H17F4N3O3/c27-19-12-20(28)25(30)18(24(19)29)13-33-11-10-23(32-33)31-26(34)22-9-8-16(36-22)14-35-21-7-3-5-15-4-1-2-6-17(15)21/h1-12H,13-14H2,(H,31,32,34). The zero-order valence-corrected chi connectivity index (χ0v) is 18.5. The van der Waals surface area contributed by atoms with E-state index in [9.17, 15) is 22.4 Å². The highest BCUT2D eigenvalue weighted by Gasteiger charge is 2.20. The first kappa shape index (κ1) is 23.2. The average Bonchev–Trinajstić information content (AvgIpc) is 3.54. The van der Waals surface area contributed by atoms with Crippen molar-refractivity contribution in [3.05, 3.63) is 113 Å². The first-order valence-electron chi connectivity index (χ1n) is 10.7. The van der Waals surface area contributed by atoms with Gasteiger partial charge < -0.3 is 14.5 Å². The summed E-state index contributed by atoms with van der Waals surface area (Å²) in [7, 11) is 0. The van der Waals surface area contributed by atoms with E-state index in [0.717, 1.165) is 15.5 Å². The topological polar surface area (TPSA) is 69.3 Å². The van der Waals surface area contributed by atoms with Crippen LogP contribution in [0.2, 0.25) is 0 Å². The van der Waals surface area contributed by atoms with Crippen molar-refractivity contribution in [1.82, 2.24) is 9.78 Å². The molecule has 6 nitrogen and oxygen atoms in total. The van der Waals surface area contributed by atoms with Gasteiger partial charge in [-0.25, -0.2) is 17.6 Å². The van der Waals surface area contributed by atoms with Crippen LogP contribution in [0.5, 0.6) is 5.75 Å². The quantitative estimate of drug-likeness (QED) is 0.220. The molecule has 3 aromatic carbocycles. The molecule has 0 aliphatic heterocycles. The molecule has 2 aromatic heterocycles. The molecule has 0 spiro atoms. The number of nitrogens with one attached hydrogen (secondary N) is 1. The Morgan fingerprint density at radius 3 is 2.50 bits per heavy atom. The van der Waals surface area contributed by atoms with E-state index in [-0.39, 0.29) is 24.3 Å². The number of anilines is 1. The highest BCUT2D eigenvalue weighted by Crippen LogP contribution is 2.26. The maximum atomic E-state index is 13.9. The van der Waals surface area contributed by atoms with Crippen LogP contribution in [0.25, 0.3) is 10.8 Å². The number of halogens is 4. The van der Waals surface area contributed by atoms with Gasteiger partial charge in [0.15, 0.2) is 34.8 Å². The minimum absolute atomic E-state index is 0.00893. The van der Waals surface area contributed by atoms with Crippen LogP contribution in [0.15, 0.2) is 77.3 Å². The molecule has 0 bridgehead atoms. The van der Waals surface area contributed by atoms with E-state index in [0.29, 0.717) is 11.5 Å². The van der Waals surface area contributed by atoms with Gasteiger partial charge in [0, 0.05) is 23.7 Å². The molecule has 2 heterocycles. The summed E-state index contributed by atoms with van der Waals surface area (Å²) in [6.45, 7) is -0.490. The number of hydrogen-bond acceptors (Lipinski definition) is 4. The van der Waals surface area contributed by atoms with Crippen LogP contribution in [0, 0.1) is 23.3 Å². The van der Waals surface area contributed by atoms with Crippen molar-refractivity contribution < 1.29 is 31.5 Å². The molecule has 0 atom stereocenters. The number of nitrogens with zero attached hydrogens (tertiary/aromatic N) is 2. The summed E-state index contributed by atoms with van der Waals surface area (Å²) >= 11 is 0. The lowest BCUT2D eigenvalue weighted by Crippen LogP contribution is -2.13. The van der Waals surface area contributed by atoms with Crippen LogP contribution >= 0.6 is 0 Å². The first-order chi connectivity index (χ1) is 17.4. The Kier molecular flexibility index (Phi) is 6.16. The van der Waals surface area contributed by atoms with Crippen LogP contribution in [0.3, 0.4) is 0 Å². The van der Waals surface area contributed by atoms with Gasteiger partial charge in [-0.3, -0.25) is 9.48 Å². The fourth-order valence-electron chi connectivity index (χ4n) is 3.67. The number of carbonyl (C=O) groups is 1. The Labute approximate surface area is 201 Å².